The first kappa shape index (κ1) is 17.5. The van der Waals surface area contributed by atoms with E-state index in [0.717, 1.165) is 20.7 Å². The summed E-state index contributed by atoms with van der Waals surface area (Å²) in [4.78, 5) is 16.9. The van der Waals surface area contributed by atoms with Gasteiger partial charge in [0, 0.05) is 24.1 Å². The van der Waals surface area contributed by atoms with Crippen molar-refractivity contribution in [3.8, 4) is 0 Å². The van der Waals surface area contributed by atoms with E-state index in [9.17, 15) is 4.79 Å². The predicted molar refractivity (Wildman–Crippen MR) is 106 cm³/mol. The van der Waals surface area contributed by atoms with Gasteiger partial charge in [0.15, 0.2) is 4.34 Å². The maximum atomic E-state index is 12.3. The molecule has 136 valence electrons. The van der Waals surface area contributed by atoms with E-state index >= 15 is 0 Å². The smallest absolute Gasteiger partial charge is 0.258 e. The zero-order valence-electron chi connectivity index (χ0n) is 14.6. The average Bonchev–Trinajstić information content (AvgIpc) is 3.09. The van der Waals surface area contributed by atoms with Gasteiger partial charge in [0.2, 0.25) is 5.13 Å². The van der Waals surface area contributed by atoms with Gasteiger partial charge in [-0.15, -0.1) is 10.2 Å². The summed E-state index contributed by atoms with van der Waals surface area (Å²) >= 11 is 3.15. The number of aromatic nitrogens is 4. The van der Waals surface area contributed by atoms with E-state index in [1.807, 2.05) is 19.1 Å². The van der Waals surface area contributed by atoms with Crippen molar-refractivity contribution in [2.75, 3.05) is 5.32 Å². The fraction of sp³-hybridized carbons (Fsp3) is 0.444. The van der Waals surface area contributed by atoms with Crippen molar-refractivity contribution >= 4 is 33.9 Å². The van der Waals surface area contributed by atoms with Gasteiger partial charge in [0.05, 0.1) is 5.69 Å². The molecule has 6 nitrogen and oxygen atoms in total. The van der Waals surface area contributed by atoms with Crippen LogP contribution in [0.15, 0.2) is 33.5 Å². The van der Waals surface area contributed by atoms with Crippen LogP contribution in [0.3, 0.4) is 0 Å². The van der Waals surface area contributed by atoms with Gasteiger partial charge >= 0.3 is 0 Å². The third kappa shape index (κ3) is 3.91. The van der Waals surface area contributed by atoms with Crippen molar-refractivity contribution in [3.05, 3.63) is 46.0 Å². The topological polar surface area (TPSA) is 72.2 Å². The van der Waals surface area contributed by atoms with Crippen molar-refractivity contribution in [2.45, 2.75) is 55.2 Å². The molecular weight excluding hydrogens is 366 g/mol. The van der Waals surface area contributed by atoms with Gasteiger partial charge in [0.25, 0.3) is 5.56 Å². The number of aryl methyl sites for hydroxylation is 1. The van der Waals surface area contributed by atoms with Crippen LogP contribution in [-0.4, -0.2) is 25.6 Å². The summed E-state index contributed by atoms with van der Waals surface area (Å²) in [5.74, 6) is 0.609. The zero-order valence-corrected chi connectivity index (χ0v) is 16.3. The first-order valence-electron chi connectivity index (χ1n) is 8.90. The minimum Gasteiger partial charge on any atom is -0.357 e. The number of anilines is 1. The molecule has 0 aliphatic heterocycles. The van der Waals surface area contributed by atoms with Gasteiger partial charge < -0.3 is 5.32 Å². The van der Waals surface area contributed by atoms with Gasteiger partial charge in [0.1, 0.15) is 5.65 Å². The highest BCUT2D eigenvalue weighted by Crippen LogP contribution is 2.29. The molecule has 0 spiro atoms. The van der Waals surface area contributed by atoms with E-state index in [-0.39, 0.29) is 5.56 Å². The summed E-state index contributed by atoms with van der Waals surface area (Å²) in [6.45, 7) is 1.96. The third-order valence-electron chi connectivity index (χ3n) is 4.62. The molecular formula is C18H21N5OS2. The highest BCUT2D eigenvalue weighted by atomic mass is 32.2. The molecule has 1 aliphatic rings. The lowest BCUT2D eigenvalue weighted by Gasteiger charge is -2.21. The minimum absolute atomic E-state index is 0.0498. The normalized spacial score (nSPS) is 15.4. The minimum atomic E-state index is -0.0498. The van der Waals surface area contributed by atoms with E-state index < -0.39 is 0 Å². The van der Waals surface area contributed by atoms with Gasteiger partial charge in [-0.25, -0.2) is 4.98 Å². The van der Waals surface area contributed by atoms with Crippen molar-refractivity contribution in [2.24, 2.45) is 0 Å². The van der Waals surface area contributed by atoms with Crippen LogP contribution in [0.1, 0.15) is 43.4 Å². The second-order valence-corrected chi connectivity index (χ2v) is 8.81. The van der Waals surface area contributed by atoms with Crippen LogP contribution in [0.25, 0.3) is 5.65 Å². The molecule has 0 bridgehead atoms. The molecule has 0 radical (unpaired) electrons. The zero-order chi connectivity index (χ0) is 17.9. The summed E-state index contributed by atoms with van der Waals surface area (Å²) in [6, 6.07) is 5.95. The lowest BCUT2D eigenvalue weighted by Crippen LogP contribution is -2.21. The van der Waals surface area contributed by atoms with E-state index in [2.05, 4.69) is 20.5 Å². The molecule has 3 aromatic rings. The van der Waals surface area contributed by atoms with Crippen LogP contribution in [-0.2, 0) is 5.75 Å². The van der Waals surface area contributed by atoms with Crippen LogP contribution in [0, 0.1) is 6.92 Å². The van der Waals surface area contributed by atoms with Crippen LogP contribution in [0.5, 0.6) is 0 Å². The molecule has 1 saturated carbocycles. The van der Waals surface area contributed by atoms with Gasteiger partial charge in [-0.2, -0.15) is 0 Å². The summed E-state index contributed by atoms with van der Waals surface area (Å²) in [5, 5.41) is 12.9. The van der Waals surface area contributed by atoms with E-state index in [1.54, 1.807) is 39.8 Å². The molecule has 1 fully saturated rings. The number of pyridine rings is 1. The third-order valence-corrected chi connectivity index (χ3v) is 6.64. The summed E-state index contributed by atoms with van der Waals surface area (Å²) in [6.07, 6.45) is 8.11. The first-order chi connectivity index (χ1) is 12.7. The number of hydrogen-bond donors (Lipinski definition) is 1. The lowest BCUT2D eigenvalue weighted by molar-refractivity contribution is 0.462. The molecule has 0 amide bonds. The molecule has 26 heavy (non-hydrogen) atoms. The van der Waals surface area contributed by atoms with E-state index in [1.165, 1.54) is 32.1 Å². The SMILES string of the molecule is Cc1cccn2c(=O)cc(CSc3nnc(NC4CCCCC4)s3)nc12. The van der Waals surface area contributed by atoms with Crippen molar-refractivity contribution in [1.82, 2.24) is 19.6 Å². The fourth-order valence-corrected chi connectivity index (χ4v) is 4.99. The van der Waals surface area contributed by atoms with E-state index in [0.29, 0.717) is 17.4 Å². The predicted octanol–water partition coefficient (Wildman–Crippen LogP) is 3.89. The van der Waals surface area contributed by atoms with Crippen molar-refractivity contribution in [1.29, 1.82) is 0 Å². The summed E-state index contributed by atoms with van der Waals surface area (Å²) < 4.78 is 2.48. The molecule has 0 aromatic carbocycles. The number of fused-ring (bicyclic) bond motifs is 1. The molecule has 8 heteroatoms. The van der Waals surface area contributed by atoms with Gasteiger partial charge in [-0.05, 0) is 31.4 Å². The maximum absolute atomic E-state index is 12.3. The average molecular weight is 388 g/mol. The number of rotatable bonds is 5. The number of nitrogens with one attached hydrogen (secondary N) is 1. The largest absolute Gasteiger partial charge is 0.357 e. The second-order valence-electron chi connectivity index (χ2n) is 6.61. The molecule has 4 rings (SSSR count). The molecule has 0 atom stereocenters. The Hall–Kier alpha value is -1.93. The standard InChI is InChI=1S/C18H21N5OS2/c1-12-6-5-9-23-15(24)10-14(19-16(12)23)11-25-18-22-21-17(26-18)20-13-7-3-2-4-8-13/h5-6,9-10,13H,2-4,7-8,11H2,1H3,(H,20,21). The molecule has 0 saturated heterocycles. The Labute approximate surface area is 160 Å². The Morgan fingerprint density at radius 3 is 3.00 bits per heavy atom. The quantitative estimate of drug-likeness (QED) is 0.670. The Morgan fingerprint density at radius 2 is 2.15 bits per heavy atom. The van der Waals surface area contributed by atoms with Crippen LogP contribution in [0.2, 0.25) is 0 Å². The molecule has 3 aromatic heterocycles. The number of thioether (sulfide) groups is 1. The van der Waals surface area contributed by atoms with Crippen LogP contribution in [0.4, 0.5) is 5.13 Å². The van der Waals surface area contributed by atoms with Crippen molar-refractivity contribution in [3.63, 3.8) is 0 Å². The molecule has 0 unspecified atom stereocenters. The van der Waals surface area contributed by atoms with E-state index in [4.69, 9.17) is 0 Å². The van der Waals surface area contributed by atoms with Crippen molar-refractivity contribution < 1.29 is 0 Å². The lowest BCUT2D eigenvalue weighted by atomic mass is 9.96. The Morgan fingerprint density at radius 1 is 1.31 bits per heavy atom. The monoisotopic (exact) mass is 387 g/mol. The maximum Gasteiger partial charge on any atom is 0.258 e. The Bertz CT molecular complexity index is 962. The van der Waals surface area contributed by atoms with Gasteiger partial charge in [-0.3, -0.25) is 9.20 Å². The van der Waals surface area contributed by atoms with Crippen LogP contribution < -0.4 is 10.9 Å². The molecule has 1 aliphatic carbocycles. The molecule has 3 heterocycles. The number of hydrogen-bond acceptors (Lipinski definition) is 7. The Balaban J connectivity index is 1.43. The first-order valence-corrected chi connectivity index (χ1v) is 10.7. The van der Waals surface area contributed by atoms with Crippen LogP contribution >= 0.6 is 23.1 Å². The highest BCUT2D eigenvalue weighted by molar-refractivity contribution is 8.00. The molecule has 1 N–H and O–H groups in total. The Kier molecular flexibility index (Phi) is 5.21. The summed E-state index contributed by atoms with van der Waals surface area (Å²) in [5.41, 5.74) is 2.43. The fourth-order valence-electron chi connectivity index (χ4n) is 3.27. The summed E-state index contributed by atoms with van der Waals surface area (Å²) in [7, 11) is 0. The van der Waals surface area contributed by atoms with Gasteiger partial charge in [-0.1, -0.05) is 48.4 Å². The second kappa shape index (κ2) is 7.75. The number of nitrogens with zero attached hydrogens (tertiary/aromatic N) is 4. The highest BCUT2D eigenvalue weighted by Gasteiger charge is 2.15.